The van der Waals surface area contributed by atoms with Crippen molar-refractivity contribution in [3.63, 3.8) is 0 Å². The van der Waals surface area contributed by atoms with Gasteiger partial charge in [-0.1, -0.05) is 26.7 Å². The summed E-state index contributed by atoms with van der Waals surface area (Å²) in [5, 5.41) is 2.15. The summed E-state index contributed by atoms with van der Waals surface area (Å²) < 4.78 is 1.17. The van der Waals surface area contributed by atoms with Crippen LogP contribution in [0.25, 0.3) is 0 Å². The van der Waals surface area contributed by atoms with Gasteiger partial charge in [0.1, 0.15) is 0 Å². The molecule has 0 radical (unpaired) electrons. The largest absolute Gasteiger partial charge is 0.324 e. The predicted molar refractivity (Wildman–Crippen MR) is 63.0 cm³/mol. The molecule has 1 nitrogen and oxygen atoms in total. The average Bonchev–Trinajstić information content (AvgIpc) is 2.54. The third-order valence-electron chi connectivity index (χ3n) is 2.53. The van der Waals surface area contributed by atoms with Crippen molar-refractivity contribution in [3.05, 3.63) is 20.8 Å². The first kappa shape index (κ1) is 11.2. The van der Waals surface area contributed by atoms with Crippen molar-refractivity contribution in [3.8, 4) is 0 Å². The van der Waals surface area contributed by atoms with Crippen LogP contribution in [0.3, 0.4) is 0 Å². The molecule has 0 bridgehead atoms. The van der Waals surface area contributed by atoms with Gasteiger partial charge in [0.05, 0.1) is 3.79 Å². The molecule has 1 rings (SSSR count). The maximum atomic E-state index is 6.16. The third-order valence-corrected chi connectivity index (χ3v) is 4.05. The van der Waals surface area contributed by atoms with Crippen molar-refractivity contribution in [2.24, 2.45) is 11.7 Å². The quantitative estimate of drug-likeness (QED) is 0.873. The van der Waals surface area contributed by atoms with Gasteiger partial charge in [0.15, 0.2) is 0 Å². The first-order valence-corrected chi connectivity index (χ1v) is 6.35. The van der Waals surface area contributed by atoms with Crippen LogP contribution < -0.4 is 5.73 Å². The zero-order valence-corrected chi connectivity index (χ0v) is 10.5. The van der Waals surface area contributed by atoms with Crippen LogP contribution >= 0.6 is 27.3 Å². The molecule has 1 aromatic heterocycles. The fourth-order valence-electron chi connectivity index (χ4n) is 1.57. The van der Waals surface area contributed by atoms with Gasteiger partial charge in [0.25, 0.3) is 0 Å². The number of hydrogen-bond donors (Lipinski definition) is 1. The average molecular weight is 262 g/mol. The van der Waals surface area contributed by atoms with Crippen molar-refractivity contribution < 1.29 is 0 Å². The minimum Gasteiger partial charge on any atom is -0.324 e. The van der Waals surface area contributed by atoms with E-state index in [1.807, 2.05) is 0 Å². The van der Waals surface area contributed by atoms with Crippen molar-refractivity contribution in [1.82, 2.24) is 0 Å². The van der Waals surface area contributed by atoms with E-state index in [2.05, 4.69) is 41.2 Å². The Bertz CT molecular complexity index is 255. The molecule has 1 unspecified atom stereocenters. The molecule has 0 fully saturated rings. The summed E-state index contributed by atoms with van der Waals surface area (Å²) in [6, 6.07) is 2.34. The van der Waals surface area contributed by atoms with E-state index >= 15 is 0 Å². The van der Waals surface area contributed by atoms with Crippen LogP contribution in [-0.4, -0.2) is 0 Å². The molecular formula is C10H16BrNS. The summed E-state index contributed by atoms with van der Waals surface area (Å²) in [4.78, 5) is 0. The summed E-state index contributed by atoms with van der Waals surface area (Å²) in [6.45, 7) is 4.41. The fourth-order valence-corrected chi connectivity index (χ4v) is 2.79. The molecule has 2 N–H and O–H groups in total. The minimum absolute atomic E-state index is 0.206. The van der Waals surface area contributed by atoms with Crippen molar-refractivity contribution in [1.29, 1.82) is 0 Å². The molecule has 0 aliphatic carbocycles. The van der Waals surface area contributed by atoms with Crippen LogP contribution in [0.4, 0.5) is 0 Å². The molecule has 0 aliphatic rings. The molecule has 0 spiro atoms. The molecule has 74 valence electrons. The van der Waals surface area contributed by atoms with E-state index in [0.29, 0.717) is 5.92 Å². The summed E-state index contributed by atoms with van der Waals surface area (Å²) in [6.07, 6.45) is 2.32. The Morgan fingerprint density at radius 2 is 2.08 bits per heavy atom. The molecule has 0 aliphatic heterocycles. The monoisotopic (exact) mass is 261 g/mol. The molecule has 1 atom stereocenters. The number of hydrogen-bond acceptors (Lipinski definition) is 2. The van der Waals surface area contributed by atoms with Gasteiger partial charge in [-0.3, -0.25) is 0 Å². The molecule has 13 heavy (non-hydrogen) atoms. The second-order valence-corrected chi connectivity index (χ2v) is 5.58. The maximum Gasteiger partial charge on any atom is 0.0701 e. The van der Waals surface area contributed by atoms with Crippen LogP contribution in [-0.2, 0) is 0 Å². The van der Waals surface area contributed by atoms with Crippen LogP contribution in [0.2, 0.25) is 0 Å². The SMILES string of the molecule is CCC(CC)C(N)c1csc(Br)c1. The maximum absolute atomic E-state index is 6.16. The van der Waals surface area contributed by atoms with Crippen LogP contribution in [0.1, 0.15) is 38.3 Å². The van der Waals surface area contributed by atoms with Gasteiger partial charge in [-0.15, -0.1) is 11.3 Å². The smallest absolute Gasteiger partial charge is 0.0701 e. The molecule has 0 saturated heterocycles. The number of rotatable bonds is 4. The molecule has 0 amide bonds. The molecule has 0 aromatic carbocycles. The highest BCUT2D eigenvalue weighted by atomic mass is 79.9. The van der Waals surface area contributed by atoms with Gasteiger partial charge < -0.3 is 5.73 Å². The normalized spacial score (nSPS) is 13.6. The van der Waals surface area contributed by atoms with Gasteiger partial charge in [0, 0.05) is 6.04 Å². The predicted octanol–water partition coefficient (Wildman–Crippen LogP) is 3.95. The van der Waals surface area contributed by atoms with E-state index in [0.717, 1.165) is 12.8 Å². The Kier molecular flexibility index (Phi) is 4.42. The minimum atomic E-state index is 0.206. The standard InChI is InChI=1S/C10H16BrNS/c1-3-7(4-2)10(12)8-5-9(11)13-6-8/h5-7,10H,3-4,12H2,1-2H3. The lowest BCUT2D eigenvalue weighted by Crippen LogP contribution is -2.19. The van der Waals surface area contributed by atoms with Crippen molar-refractivity contribution >= 4 is 27.3 Å². The van der Waals surface area contributed by atoms with E-state index in [9.17, 15) is 0 Å². The number of nitrogens with two attached hydrogens (primary N) is 1. The highest BCUT2D eigenvalue weighted by Gasteiger charge is 2.16. The van der Waals surface area contributed by atoms with E-state index in [4.69, 9.17) is 5.73 Å². The molecule has 1 aromatic rings. The Morgan fingerprint density at radius 3 is 2.46 bits per heavy atom. The molecular weight excluding hydrogens is 246 g/mol. The van der Waals surface area contributed by atoms with Gasteiger partial charge in [-0.05, 0) is 38.9 Å². The Balaban J connectivity index is 2.71. The second kappa shape index (κ2) is 5.13. The first-order chi connectivity index (χ1) is 6.19. The first-order valence-electron chi connectivity index (χ1n) is 4.68. The third kappa shape index (κ3) is 2.79. The van der Waals surface area contributed by atoms with Gasteiger partial charge in [-0.2, -0.15) is 0 Å². The fraction of sp³-hybridized carbons (Fsp3) is 0.600. The Hall–Kier alpha value is 0.140. The van der Waals surface area contributed by atoms with Gasteiger partial charge in [-0.25, -0.2) is 0 Å². The topological polar surface area (TPSA) is 26.0 Å². The lowest BCUT2D eigenvalue weighted by atomic mass is 9.91. The number of thiophene rings is 1. The highest BCUT2D eigenvalue weighted by molar-refractivity contribution is 9.11. The molecule has 3 heteroatoms. The Morgan fingerprint density at radius 1 is 1.46 bits per heavy atom. The summed E-state index contributed by atoms with van der Waals surface area (Å²) in [7, 11) is 0. The van der Waals surface area contributed by atoms with E-state index in [1.165, 1.54) is 9.35 Å². The Labute approximate surface area is 92.5 Å². The summed E-state index contributed by atoms with van der Waals surface area (Å²) >= 11 is 5.16. The van der Waals surface area contributed by atoms with E-state index < -0.39 is 0 Å². The van der Waals surface area contributed by atoms with Crippen molar-refractivity contribution in [2.45, 2.75) is 32.7 Å². The van der Waals surface area contributed by atoms with E-state index in [1.54, 1.807) is 11.3 Å². The number of halogens is 1. The van der Waals surface area contributed by atoms with E-state index in [-0.39, 0.29) is 6.04 Å². The van der Waals surface area contributed by atoms with Crippen molar-refractivity contribution in [2.75, 3.05) is 0 Å². The van der Waals surface area contributed by atoms with Crippen LogP contribution in [0.15, 0.2) is 15.2 Å². The molecule has 1 heterocycles. The van der Waals surface area contributed by atoms with Crippen LogP contribution in [0.5, 0.6) is 0 Å². The lowest BCUT2D eigenvalue weighted by molar-refractivity contribution is 0.406. The summed E-state index contributed by atoms with van der Waals surface area (Å²) in [5.41, 5.74) is 7.43. The highest BCUT2D eigenvalue weighted by Crippen LogP contribution is 2.30. The van der Waals surface area contributed by atoms with Gasteiger partial charge >= 0.3 is 0 Å². The lowest BCUT2D eigenvalue weighted by Gasteiger charge is -2.19. The molecule has 0 saturated carbocycles. The van der Waals surface area contributed by atoms with Crippen LogP contribution in [0, 0.1) is 5.92 Å². The summed E-state index contributed by atoms with van der Waals surface area (Å²) in [5.74, 6) is 0.612. The zero-order chi connectivity index (χ0) is 9.84. The van der Waals surface area contributed by atoms with Gasteiger partial charge in [0.2, 0.25) is 0 Å². The second-order valence-electron chi connectivity index (χ2n) is 3.29. The zero-order valence-electron chi connectivity index (χ0n) is 8.09.